The molecule has 0 aromatic heterocycles. The molecule has 1 aliphatic heterocycles. The average Bonchev–Trinajstić information content (AvgIpc) is 2.40. The van der Waals surface area contributed by atoms with Crippen LogP contribution in [-0.4, -0.2) is 48.9 Å². The molecule has 19 heavy (non-hydrogen) atoms. The van der Waals surface area contributed by atoms with E-state index >= 15 is 0 Å². The van der Waals surface area contributed by atoms with E-state index in [1.54, 1.807) is 0 Å². The maximum absolute atomic E-state index is 12.6. The number of piperidine rings is 1. The van der Waals surface area contributed by atoms with Gasteiger partial charge in [-0.3, -0.25) is 4.79 Å². The summed E-state index contributed by atoms with van der Waals surface area (Å²) in [6.07, 6.45) is 2.23. The summed E-state index contributed by atoms with van der Waals surface area (Å²) in [5, 5.41) is 0. The molecule has 1 unspecified atom stereocenters. The second-order valence-electron chi connectivity index (χ2n) is 5.10. The minimum atomic E-state index is 0.0773. The summed E-state index contributed by atoms with van der Waals surface area (Å²) in [5.74, 6) is 0.0773. The second-order valence-corrected chi connectivity index (χ2v) is 6.87. The van der Waals surface area contributed by atoms with Crippen LogP contribution >= 0.6 is 31.9 Å². The summed E-state index contributed by atoms with van der Waals surface area (Å²) in [7, 11) is 4.01. The molecular weight excluding hydrogens is 372 g/mol. The molecule has 1 aromatic carbocycles. The molecule has 0 bridgehead atoms. The van der Waals surface area contributed by atoms with Crippen molar-refractivity contribution in [2.75, 3.05) is 27.2 Å². The monoisotopic (exact) mass is 388 g/mol. The molecule has 0 radical (unpaired) electrons. The predicted octanol–water partition coefficient (Wildman–Crippen LogP) is 3.38. The molecule has 5 heteroatoms. The SMILES string of the molecule is CN1CCCC(N(C)C(=O)c2cc(Br)ccc2Br)C1. The molecule has 1 aromatic rings. The molecule has 0 N–H and O–H groups in total. The number of nitrogens with zero attached hydrogens (tertiary/aromatic N) is 2. The average molecular weight is 390 g/mol. The van der Waals surface area contributed by atoms with Crippen LogP contribution in [0.5, 0.6) is 0 Å². The van der Waals surface area contributed by atoms with Crippen molar-refractivity contribution < 1.29 is 4.79 Å². The van der Waals surface area contributed by atoms with Gasteiger partial charge < -0.3 is 9.80 Å². The number of carbonyl (C=O) groups excluding carboxylic acids is 1. The van der Waals surface area contributed by atoms with Gasteiger partial charge in [0, 0.05) is 28.6 Å². The fraction of sp³-hybridized carbons (Fsp3) is 0.500. The van der Waals surface area contributed by atoms with E-state index in [0.29, 0.717) is 11.6 Å². The van der Waals surface area contributed by atoms with E-state index in [-0.39, 0.29) is 5.91 Å². The second kappa shape index (κ2) is 6.37. The summed E-state index contributed by atoms with van der Waals surface area (Å²) in [6.45, 7) is 2.08. The van der Waals surface area contributed by atoms with Gasteiger partial charge in [-0.05, 0) is 60.6 Å². The van der Waals surface area contributed by atoms with Crippen LogP contribution in [-0.2, 0) is 0 Å². The molecule has 2 rings (SSSR count). The van der Waals surface area contributed by atoms with Crippen molar-refractivity contribution in [1.29, 1.82) is 0 Å². The lowest BCUT2D eigenvalue weighted by Crippen LogP contribution is -2.47. The topological polar surface area (TPSA) is 23.6 Å². The number of benzene rings is 1. The van der Waals surface area contributed by atoms with Crippen molar-refractivity contribution >= 4 is 37.8 Å². The Bertz CT molecular complexity index is 479. The Kier molecular flexibility index (Phi) is 5.03. The normalized spacial score (nSPS) is 20.3. The van der Waals surface area contributed by atoms with Crippen molar-refractivity contribution in [3.63, 3.8) is 0 Å². The highest BCUT2D eigenvalue weighted by atomic mass is 79.9. The van der Waals surface area contributed by atoms with Crippen LogP contribution in [0.3, 0.4) is 0 Å². The van der Waals surface area contributed by atoms with Crippen molar-refractivity contribution in [3.05, 3.63) is 32.7 Å². The fourth-order valence-corrected chi connectivity index (χ4v) is 3.25. The highest BCUT2D eigenvalue weighted by Gasteiger charge is 2.26. The van der Waals surface area contributed by atoms with Gasteiger partial charge in [0.15, 0.2) is 0 Å². The Morgan fingerprint density at radius 1 is 1.42 bits per heavy atom. The zero-order valence-electron chi connectivity index (χ0n) is 11.2. The van der Waals surface area contributed by atoms with Crippen molar-refractivity contribution in [2.24, 2.45) is 0 Å². The number of rotatable bonds is 2. The van der Waals surface area contributed by atoms with Crippen LogP contribution in [0.4, 0.5) is 0 Å². The fourth-order valence-electron chi connectivity index (χ4n) is 2.47. The molecule has 3 nitrogen and oxygen atoms in total. The molecule has 0 spiro atoms. The van der Waals surface area contributed by atoms with Crippen LogP contribution in [0.15, 0.2) is 27.1 Å². The molecule has 1 saturated heterocycles. The van der Waals surface area contributed by atoms with Gasteiger partial charge >= 0.3 is 0 Å². The lowest BCUT2D eigenvalue weighted by molar-refractivity contribution is 0.0643. The smallest absolute Gasteiger partial charge is 0.255 e. The van der Waals surface area contributed by atoms with E-state index in [2.05, 4.69) is 43.8 Å². The van der Waals surface area contributed by atoms with Gasteiger partial charge in [-0.2, -0.15) is 0 Å². The Hall–Kier alpha value is -0.390. The third kappa shape index (κ3) is 3.58. The van der Waals surface area contributed by atoms with Crippen molar-refractivity contribution in [1.82, 2.24) is 9.80 Å². The van der Waals surface area contributed by atoms with Crippen molar-refractivity contribution in [2.45, 2.75) is 18.9 Å². The van der Waals surface area contributed by atoms with Gasteiger partial charge in [-0.1, -0.05) is 15.9 Å². The highest BCUT2D eigenvalue weighted by Crippen LogP contribution is 2.24. The van der Waals surface area contributed by atoms with Gasteiger partial charge in [-0.25, -0.2) is 0 Å². The third-order valence-electron chi connectivity index (χ3n) is 3.63. The Balaban J connectivity index is 2.16. The zero-order chi connectivity index (χ0) is 14.0. The van der Waals surface area contributed by atoms with Crippen LogP contribution in [0.2, 0.25) is 0 Å². The molecule has 0 aliphatic carbocycles. The highest BCUT2D eigenvalue weighted by molar-refractivity contribution is 9.11. The number of likely N-dealkylation sites (tertiary alicyclic amines) is 1. The van der Waals surface area contributed by atoms with E-state index < -0.39 is 0 Å². The van der Waals surface area contributed by atoms with E-state index in [1.165, 1.54) is 0 Å². The van der Waals surface area contributed by atoms with Gasteiger partial charge in [0.2, 0.25) is 0 Å². The maximum Gasteiger partial charge on any atom is 0.255 e. The molecule has 1 heterocycles. The first-order valence-corrected chi connectivity index (χ1v) is 7.98. The van der Waals surface area contributed by atoms with E-state index in [0.717, 1.165) is 34.9 Å². The number of hydrogen-bond donors (Lipinski definition) is 0. The summed E-state index contributed by atoms with van der Waals surface area (Å²) in [6, 6.07) is 6.00. The predicted molar refractivity (Wildman–Crippen MR) is 84.5 cm³/mol. The Morgan fingerprint density at radius 3 is 2.84 bits per heavy atom. The van der Waals surface area contributed by atoms with Crippen LogP contribution < -0.4 is 0 Å². The maximum atomic E-state index is 12.6. The lowest BCUT2D eigenvalue weighted by atomic mass is 10.0. The van der Waals surface area contributed by atoms with Gasteiger partial charge in [0.1, 0.15) is 0 Å². The molecule has 0 saturated carbocycles. The van der Waals surface area contributed by atoms with Crippen LogP contribution in [0, 0.1) is 0 Å². The molecule has 1 amide bonds. The summed E-state index contributed by atoms with van der Waals surface area (Å²) < 4.78 is 1.77. The molecule has 104 valence electrons. The standard InChI is InChI=1S/C14H18Br2N2O/c1-17-7-3-4-11(9-17)18(2)14(19)12-8-10(15)5-6-13(12)16/h5-6,8,11H,3-4,7,9H2,1-2H3. The molecule has 1 fully saturated rings. The number of likely N-dealkylation sites (N-methyl/N-ethyl adjacent to an activating group) is 2. The van der Waals surface area contributed by atoms with E-state index in [1.807, 2.05) is 30.1 Å². The molecular formula is C14H18Br2N2O. The van der Waals surface area contributed by atoms with Crippen LogP contribution in [0.25, 0.3) is 0 Å². The first-order valence-electron chi connectivity index (χ1n) is 6.40. The first kappa shape index (κ1) is 15.0. The Labute approximate surface area is 131 Å². The zero-order valence-corrected chi connectivity index (χ0v) is 14.4. The van der Waals surface area contributed by atoms with E-state index in [4.69, 9.17) is 0 Å². The summed E-state index contributed by atoms with van der Waals surface area (Å²) in [4.78, 5) is 16.7. The Morgan fingerprint density at radius 2 is 2.16 bits per heavy atom. The quantitative estimate of drug-likeness (QED) is 0.774. The summed E-state index contributed by atoms with van der Waals surface area (Å²) >= 11 is 6.88. The number of carbonyl (C=O) groups is 1. The van der Waals surface area contributed by atoms with Crippen LogP contribution in [0.1, 0.15) is 23.2 Å². The molecule has 1 atom stereocenters. The number of hydrogen-bond acceptors (Lipinski definition) is 2. The van der Waals surface area contributed by atoms with Crippen molar-refractivity contribution in [3.8, 4) is 0 Å². The van der Waals surface area contributed by atoms with Gasteiger partial charge in [0.05, 0.1) is 5.56 Å². The lowest BCUT2D eigenvalue weighted by Gasteiger charge is -2.36. The van der Waals surface area contributed by atoms with Gasteiger partial charge in [0.25, 0.3) is 5.91 Å². The first-order chi connectivity index (χ1) is 8.99. The molecule has 1 aliphatic rings. The largest absolute Gasteiger partial charge is 0.337 e. The third-order valence-corrected chi connectivity index (χ3v) is 4.81. The van der Waals surface area contributed by atoms with Gasteiger partial charge in [-0.15, -0.1) is 0 Å². The minimum absolute atomic E-state index is 0.0773. The summed E-state index contributed by atoms with van der Waals surface area (Å²) in [5.41, 5.74) is 0.713. The number of halogens is 2. The number of amides is 1. The minimum Gasteiger partial charge on any atom is -0.337 e. The van der Waals surface area contributed by atoms with E-state index in [9.17, 15) is 4.79 Å².